The van der Waals surface area contributed by atoms with Crippen LogP contribution in [-0.2, 0) is 87.8 Å². The summed E-state index contributed by atoms with van der Waals surface area (Å²) in [6.45, 7) is 0. The van der Waals surface area contributed by atoms with Crippen molar-refractivity contribution in [1.29, 1.82) is 0 Å². The monoisotopic (exact) mass is 933 g/mol. The normalized spacial score (nSPS) is 4.73. The van der Waals surface area contributed by atoms with Crippen LogP contribution >= 0.6 is 0 Å². The Labute approximate surface area is 305 Å². The van der Waals surface area contributed by atoms with Crippen LogP contribution in [0.1, 0.15) is 0 Å². The first-order valence-electron chi connectivity index (χ1n) is 2.61. The molecule has 0 heterocycles. The average molecular weight is 934 g/mol. The zero-order valence-corrected chi connectivity index (χ0v) is 17.1. The first-order valence-corrected chi connectivity index (χ1v) is 10.7. The predicted molar refractivity (Wildman–Crippen MR) is 75.9 cm³/mol. The molecule has 0 aliphatic heterocycles. The zero-order chi connectivity index (χ0) is 14.3. The Hall–Kier alpha value is 8.10. The molecule has 1 unspecified atom stereocenters. The molecule has 0 fully saturated rings. The third-order valence-electron chi connectivity index (χ3n) is 0. The van der Waals surface area contributed by atoms with Crippen molar-refractivity contribution in [1.82, 2.24) is 0 Å². The fraction of sp³-hybridized carbons (Fsp3) is 0. The summed E-state index contributed by atoms with van der Waals surface area (Å²) in [5.74, 6) is 0. The van der Waals surface area contributed by atoms with Crippen LogP contribution in [0.2, 0.25) is 0 Å². The molecule has 22 heteroatoms. The summed E-state index contributed by atoms with van der Waals surface area (Å²) >= 11 is -14.3. The minimum atomic E-state index is -3.58. The molecular formula is H23AsBaGa2O12Sr2Ti4. The van der Waals surface area contributed by atoms with Gasteiger partial charge in [0.25, 0.3) is 0 Å². The van der Waals surface area contributed by atoms with Crippen LogP contribution in [0.25, 0.3) is 0 Å². The fourth-order valence-electron chi connectivity index (χ4n) is 0. The van der Waals surface area contributed by atoms with E-state index < -0.39 is 74.5 Å². The number of hydrogen-bond donors (Lipinski definition) is 8. The summed E-state index contributed by atoms with van der Waals surface area (Å²) in [7, 11) is 0. The molecule has 0 aliphatic rings. The summed E-state index contributed by atoms with van der Waals surface area (Å²) < 4.78 is 93.0. The third-order valence-corrected chi connectivity index (χ3v) is 0. The molecule has 0 radical (unpaired) electrons. The van der Waals surface area contributed by atoms with Gasteiger partial charge in [-0.1, -0.05) is 0 Å². The van der Waals surface area contributed by atoms with Crippen molar-refractivity contribution in [3.05, 3.63) is 0 Å². The van der Waals surface area contributed by atoms with Crippen LogP contribution in [0, 0.1) is 0 Å². The Kier molecular flexibility index (Phi) is 163. The van der Waals surface area contributed by atoms with E-state index in [1.807, 2.05) is 0 Å². The Morgan fingerprint density at radius 3 is 0.455 bits per heavy atom. The fourth-order valence-corrected chi connectivity index (χ4v) is 0. The molecule has 0 rings (SSSR count). The van der Waals surface area contributed by atoms with E-state index in [2.05, 4.69) is 0 Å². The molecular weight excluding hydrogens is 910 g/mol. The summed E-state index contributed by atoms with van der Waals surface area (Å²) in [6.07, 6.45) is 0. The Bertz CT molecular complexity index is 183. The van der Waals surface area contributed by atoms with E-state index in [9.17, 15) is 0 Å². The summed E-state index contributed by atoms with van der Waals surface area (Å²) in [6, 6.07) is 0. The van der Waals surface area contributed by atoms with E-state index in [0.717, 1.165) is 0 Å². The molecule has 1 atom stereocenters. The van der Waals surface area contributed by atoms with E-state index in [-0.39, 0.29) is 197 Å². The topological polar surface area (TPSA) is 230 Å². The van der Waals surface area contributed by atoms with Gasteiger partial charge in [0.1, 0.15) is 0 Å². The molecule has 12 nitrogen and oxygen atoms in total. The van der Waals surface area contributed by atoms with E-state index >= 15 is 0 Å². The van der Waals surface area contributed by atoms with Crippen molar-refractivity contribution >= 4 is 197 Å². The van der Waals surface area contributed by atoms with Crippen molar-refractivity contribution in [3.8, 4) is 0 Å². The third kappa shape index (κ3) is 315. The van der Waals surface area contributed by atoms with Gasteiger partial charge < -0.3 is 0 Å². The first kappa shape index (κ1) is 63.1. The van der Waals surface area contributed by atoms with Crippen molar-refractivity contribution in [2.75, 3.05) is 0 Å². The van der Waals surface area contributed by atoms with Crippen molar-refractivity contribution in [3.63, 3.8) is 0 Å². The van der Waals surface area contributed by atoms with Crippen LogP contribution in [0.4, 0.5) is 0 Å². The van der Waals surface area contributed by atoms with Gasteiger partial charge in [-0.05, 0) is 0 Å². The number of hydrogen-bond acceptors (Lipinski definition) is 4. The molecule has 0 aromatic carbocycles. The standard InChI is InChI=1S/AsH3.Ba.2Ga.8H2O.4O.2Sr.4Ti.12H/h1H3;;;;8*1H2;;;;;;;;;;;;;;;;;;;;;;/q;;;;;;;;;;;;;;;;;;4*+2;;;;;;;;;;;;/p-8. The van der Waals surface area contributed by atoms with Crippen molar-refractivity contribution < 1.29 is 117 Å². The molecule has 22 heavy (non-hydrogen) atoms. The van der Waals surface area contributed by atoms with Gasteiger partial charge >= 0.3 is 315 Å². The second kappa shape index (κ2) is 56.9. The average Bonchev–Trinajstić information content (AvgIpc) is 1.76. The Morgan fingerprint density at radius 2 is 0.455 bits per heavy atom. The van der Waals surface area contributed by atoms with Gasteiger partial charge in [-0.2, -0.15) is 0 Å². The Balaban J connectivity index is -0.00000001000. The van der Waals surface area contributed by atoms with Gasteiger partial charge in [-0.3, -0.25) is 0 Å². The second-order valence-electron chi connectivity index (χ2n) is 1.13. The van der Waals surface area contributed by atoms with Crippen LogP contribution in [-0.4, -0.2) is 227 Å². The predicted octanol–water partition coefficient (Wildman–Crippen LogP) is -11.2. The van der Waals surface area contributed by atoms with E-state index in [0.29, 0.717) is 0 Å². The molecule has 0 aromatic heterocycles. The molecule has 0 saturated carbocycles. The SMILES string of the molecule is [AsH3].[BaH2].[GaH3].[GaH3].[O]=[Ti]([OH])[OH].[O]=[Ti]([OH])[OH].[O]=[Ti]([OH])[OH].[O]=[Ti]([OH])[OH].[SrH2].[SrH2]. The first-order chi connectivity index (χ1) is 6.93. The van der Waals surface area contributed by atoms with Crippen molar-refractivity contribution in [2.24, 2.45) is 0 Å². The summed E-state index contributed by atoms with van der Waals surface area (Å²) in [4.78, 5) is 0. The van der Waals surface area contributed by atoms with Crippen LogP contribution < -0.4 is 0 Å². The molecule has 0 aromatic rings. The van der Waals surface area contributed by atoms with Crippen molar-refractivity contribution in [2.45, 2.75) is 0 Å². The second-order valence-corrected chi connectivity index (χ2v) is 4.66. The van der Waals surface area contributed by atoms with Gasteiger partial charge in [-0.25, -0.2) is 0 Å². The molecule has 0 aliphatic carbocycles. The Morgan fingerprint density at radius 1 is 0.455 bits per heavy atom. The van der Waals surface area contributed by atoms with Crippen LogP contribution in [0.3, 0.4) is 0 Å². The molecule has 8 N–H and O–H groups in total. The van der Waals surface area contributed by atoms with Gasteiger partial charge in [0.15, 0.2) is 0 Å². The zero-order valence-electron chi connectivity index (χ0n) is 7.92. The molecule has 0 spiro atoms. The molecule has 128 valence electrons. The quantitative estimate of drug-likeness (QED) is 0.106. The minimum absolute atomic E-state index is 0. The summed E-state index contributed by atoms with van der Waals surface area (Å²) in [5.41, 5.74) is 0. The maximum atomic E-state index is 8.81. The van der Waals surface area contributed by atoms with Gasteiger partial charge in [0.05, 0.1) is 0 Å². The molecule has 0 bridgehead atoms. The van der Waals surface area contributed by atoms with Crippen LogP contribution in [0.5, 0.6) is 0 Å². The van der Waals surface area contributed by atoms with E-state index in [1.165, 1.54) is 0 Å². The van der Waals surface area contributed by atoms with Crippen LogP contribution in [0.15, 0.2) is 0 Å². The molecule has 0 amide bonds. The maximum absolute atomic E-state index is 8.81. The number of rotatable bonds is 0. The van der Waals surface area contributed by atoms with Gasteiger partial charge in [-0.15, -0.1) is 0 Å². The summed E-state index contributed by atoms with van der Waals surface area (Å²) in [5, 5.41) is 0. The molecule has 0 saturated heterocycles. The van der Waals surface area contributed by atoms with Gasteiger partial charge in [0, 0.05) is 0 Å². The van der Waals surface area contributed by atoms with E-state index in [4.69, 9.17) is 42.8 Å². The van der Waals surface area contributed by atoms with Gasteiger partial charge in [0.2, 0.25) is 0 Å². The van der Waals surface area contributed by atoms with E-state index in [1.54, 1.807) is 0 Å².